The maximum absolute atomic E-state index is 11.1. The highest BCUT2D eigenvalue weighted by Crippen LogP contribution is 2.22. The molecule has 1 aliphatic heterocycles. The van der Waals surface area contributed by atoms with Gasteiger partial charge < -0.3 is 14.4 Å². The Hall–Kier alpha value is -1.78. The van der Waals surface area contributed by atoms with Crippen molar-refractivity contribution in [1.29, 1.82) is 0 Å². The Kier molecular flexibility index (Phi) is 3.46. The Bertz CT molecular complexity index is 414. The quantitative estimate of drug-likeness (QED) is 0.858. The molecule has 0 amide bonds. The third-order valence-corrected chi connectivity index (χ3v) is 2.87. The molecular formula is C12H15NO4. The molecule has 17 heavy (non-hydrogen) atoms. The van der Waals surface area contributed by atoms with Crippen LogP contribution in [-0.2, 0) is 16.0 Å². The number of hydrogen-bond acceptors (Lipinski definition) is 4. The number of carbonyl (C=O) groups excluding carboxylic acids is 1. The average molecular weight is 237 g/mol. The molecule has 1 aliphatic rings. The lowest BCUT2D eigenvalue weighted by molar-refractivity contribution is -0.137. The predicted octanol–water partition coefficient (Wildman–Crippen LogP) is 1.47. The molecule has 2 rings (SSSR count). The van der Waals surface area contributed by atoms with Gasteiger partial charge in [0.1, 0.15) is 11.5 Å². The molecule has 0 spiro atoms. The molecule has 0 unspecified atom stereocenters. The minimum Gasteiger partial charge on any atom is -0.481 e. The van der Waals surface area contributed by atoms with Crippen molar-refractivity contribution in [1.82, 2.24) is 0 Å². The number of nitrogens with zero attached hydrogens (tertiary/aromatic N) is 1. The second-order valence-electron chi connectivity index (χ2n) is 4.16. The van der Waals surface area contributed by atoms with Gasteiger partial charge in [0, 0.05) is 38.4 Å². The molecule has 0 atom stereocenters. The molecule has 1 aromatic rings. The number of carbonyl (C=O) groups is 2. The van der Waals surface area contributed by atoms with E-state index in [1.807, 2.05) is 11.0 Å². The Labute approximate surface area is 99.0 Å². The van der Waals surface area contributed by atoms with Crippen LogP contribution in [0.3, 0.4) is 0 Å². The summed E-state index contributed by atoms with van der Waals surface area (Å²) in [5.74, 6) is 0.877. The van der Waals surface area contributed by atoms with Gasteiger partial charge >= 0.3 is 5.97 Å². The van der Waals surface area contributed by atoms with Crippen LogP contribution in [0.15, 0.2) is 16.5 Å². The van der Waals surface area contributed by atoms with Crippen LogP contribution in [0, 0.1) is 0 Å². The number of anilines is 1. The Morgan fingerprint density at radius 3 is 2.71 bits per heavy atom. The van der Waals surface area contributed by atoms with Crippen molar-refractivity contribution in [2.75, 3.05) is 18.0 Å². The van der Waals surface area contributed by atoms with Crippen LogP contribution in [0.1, 0.15) is 25.0 Å². The number of aryl methyl sites for hydroxylation is 1. The van der Waals surface area contributed by atoms with Crippen molar-refractivity contribution in [2.45, 2.75) is 25.7 Å². The number of aliphatic carboxylic acids is 1. The number of hydrogen-bond donors (Lipinski definition) is 1. The highest BCUT2D eigenvalue weighted by atomic mass is 16.4. The second kappa shape index (κ2) is 5.03. The fraction of sp³-hybridized carbons (Fsp3) is 0.500. The maximum atomic E-state index is 11.1. The minimum absolute atomic E-state index is 0.0748. The van der Waals surface area contributed by atoms with Crippen molar-refractivity contribution < 1.29 is 19.1 Å². The van der Waals surface area contributed by atoms with Gasteiger partial charge in [-0.05, 0) is 6.07 Å². The summed E-state index contributed by atoms with van der Waals surface area (Å²) in [4.78, 5) is 23.5. The van der Waals surface area contributed by atoms with Gasteiger partial charge in [-0.25, -0.2) is 0 Å². The van der Waals surface area contributed by atoms with E-state index in [4.69, 9.17) is 9.52 Å². The molecule has 0 bridgehead atoms. The summed E-state index contributed by atoms with van der Waals surface area (Å²) in [5.41, 5.74) is 0. The van der Waals surface area contributed by atoms with E-state index in [9.17, 15) is 9.59 Å². The van der Waals surface area contributed by atoms with Crippen molar-refractivity contribution in [3.05, 3.63) is 17.9 Å². The SMILES string of the molecule is O=C(O)CCc1ccc(N2CCC(=O)CC2)o1. The number of furan rings is 1. The number of carboxylic acids is 1. The van der Waals surface area contributed by atoms with E-state index in [1.54, 1.807) is 6.07 Å². The molecule has 1 saturated heterocycles. The first-order chi connectivity index (χ1) is 8.15. The fourth-order valence-electron chi connectivity index (χ4n) is 1.88. The number of rotatable bonds is 4. The molecule has 1 fully saturated rings. The highest BCUT2D eigenvalue weighted by Gasteiger charge is 2.18. The Morgan fingerprint density at radius 2 is 2.06 bits per heavy atom. The monoisotopic (exact) mass is 237 g/mol. The summed E-state index contributed by atoms with van der Waals surface area (Å²) in [6, 6.07) is 3.64. The first-order valence-electron chi connectivity index (χ1n) is 5.72. The zero-order valence-corrected chi connectivity index (χ0v) is 9.52. The van der Waals surface area contributed by atoms with Gasteiger partial charge in [-0.2, -0.15) is 0 Å². The summed E-state index contributed by atoms with van der Waals surface area (Å²) >= 11 is 0. The zero-order chi connectivity index (χ0) is 12.3. The number of ketones is 1. The van der Waals surface area contributed by atoms with Crippen LogP contribution < -0.4 is 4.90 Å². The molecule has 1 N–H and O–H groups in total. The van der Waals surface area contributed by atoms with E-state index in [0.29, 0.717) is 43.9 Å². The average Bonchev–Trinajstić information content (AvgIpc) is 2.76. The number of piperidine rings is 1. The van der Waals surface area contributed by atoms with Crippen molar-refractivity contribution in [3.63, 3.8) is 0 Å². The topological polar surface area (TPSA) is 70.8 Å². The van der Waals surface area contributed by atoms with Gasteiger partial charge in [0.05, 0.1) is 6.42 Å². The molecule has 0 saturated carbocycles. The van der Waals surface area contributed by atoms with E-state index in [0.717, 1.165) is 5.88 Å². The zero-order valence-electron chi connectivity index (χ0n) is 9.52. The lowest BCUT2D eigenvalue weighted by Gasteiger charge is -2.25. The molecule has 1 aromatic heterocycles. The molecule has 2 heterocycles. The molecule has 5 heteroatoms. The van der Waals surface area contributed by atoms with E-state index in [1.165, 1.54) is 0 Å². The molecule has 0 aromatic carbocycles. The van der Waals surface area contributed by atoms with Gasteiger partial charge in [-0.1, -0.05) is 0 Å². The first kappa shape index (κ1) is 11.7. The van der Waals surface area contributed by atoms with E-state index in [2.05, 4.69) is 0 Å². The van der Waals surface area contributed by atoms with Gasteiger partial charge in [0.25, 0.3) is 0 Å². The van der Waals surface area contributed by atoms with Gasteiger partial charge in [0.15, 0.2) is 5.88 Å². The normalized spacial score (nSPS) is 16.2. The largest absolute Gasteiger partial charge is 0.481 e. The maximum Gasteiger partial charge on any atom is 0.303 e. The fourth-order valence-corrected chi connectivity index (χ4v) is 1.88. The van der Waals surface area contributed by atoms with Crippen molar-refractivity contribution in [3.8, 4) is 0 Å². The Balaban J connectivity index is 1.93. The number of Topliss-reactive ketones (excluding diaryl/α,β-unsaturated/α-hetero) is 1. The summed E-state index contributed by atoms with van der Waals surface area (Å²) < 4.78 is 5.56. The lowest BCUT2D eigenvalue weighted by atomic mass is 10.1. The van der Waals surface area contributed by atoms with Gasteiger partial charge in [-0.3, -0.25) is 9.59 Å². The van der Waals surface area contributed by atoms with E-state index in [-0.39, 0.29) is 6.42 Å². The summed E-state index contributed by atoms with van der Waals surface area (Å²) in [7, 11) is 0. The standard InChI is InChI=1S/C12H15NO4/c14-9-5-7-13(8-6-9)11-3-1-10(17-11)2-4-12(15)16/h1,3H,2,4-8H2,(H,15,16). The van der Waals surface area contributed by atoms with Gasteiger partial charge in [0.2, 0.25) is 0 Å². The molecule has 0 aliphatic carbocycles. The molecule has 92 valence electrons. The Morgan fingerprint density at radius 1 is 1.35 bits per heavy atom. The summed E-state index contributed by atoms with van der Waals surface area (Å²) in [5, 5.41) is 8.57. The van der Waals surface area contributed by atoms with Crippen molar-refractivity contribution >= 4 is 17.6 Å². The summed E-state index contributed by atoms with van der Waals surface area (Å²) in [6.07, 6.45) is 1.60. The molecule has 0 radical (unpaired) electrons. The van der Waals surface area contributed by atoms with E-state index >= 15 is 0 Å². The smallest absolute Gasteiger partial charge is 0.303 e. The third-order valence-electron chi connectivity index (χ3n) is 2.87. The number of carboxylic acid groups (broad SMARTS) is 1. The second-order valence-corrected chi connectivity index (χ2v) is 4.16. The highest BCUT2D eigenvalue weighted by molar-refractivity contribution is 5.80. The third kappa shape index (κ3) is 3.09. The van der Waals surface area contributed by atoms with E-state index < -0.39 is 5.97 Å². The van der Waals surface area contributed by atoms with Crippen LogP contribution in [0.2, 0.25) is 0 Å². The van der Waals surface area contributed by atoms with Crippen LogP contribution in [0.25, 0.3) is 0 Å². The predicted molar refractivity (Wildman–Crippen MR) is 61.1 cm³/mol. The lowest BCUT2D eigenvalue weighted by Crippen LogP contribution is -2.33. The summed E-state index contributed by atoms with van der Waals surface area (Å²) in [6.45, 7) is 1.37. The molecule has 5 nitrogen and oxygen atoms in total. The van der Waals surface area contributed by atoms with Crippen LogP contribution in [-0.4, -0.2) is 29.9 Å². The van der Waals surface area contributed by atoms with Crippen LogP contribution >= 0.6 is 0 Å². The van der Waals surface area contributed by atoms with Gasteiger partial charge in [-0.15, -0.1) is 0 Å². The van der Waals surface area contributed by atoms with Crippen molar-refractivity contribution in [2.24, 2.45) is 0 Å². The molecular weight excluding hydrogens is 222 g/mol. The first-order valence-corrected chi connectivity index (χ1v) is 5.72. The minimum atomic E-state index is -0.827. The van der Waals surface area contributed by atoms with Crippen LogP contribution in [0.5, 0.6) is 0 Å². The van der Waals surface area contributed by atoms with Crippen LogP contribution in [0.4, 0.5) is 5.88 Å².